The van der Waals surface area contributed by atoms with E-state index in [1.807, 2.05) is 61.2 Å². The van der Waals surface area contributed by atoms with Crippen LogP contribution in [0.5, 0.6) is 0 Å². The second-order valence-electron chi connectivity index (χ2n) is 8.96. The fraction of sp³-hybridized carbons (Fsp3) is 0.321. The summed E-state index contributed by atoms with van der Waals surface area (Å²) < 4.78 is 28.1. The van der Waals surface area contributed by atoms with E-state index in [0.717, 1.165) is 28.7 Å². The van der Waals surface area contributed by atoms with Crippen LogP contribution in [-0.2, 0) is 21.2 Å². The van der Waals surface area contributed by atoms with Crippen molar-refractivity contribution in [3.05, 3.63) is 98.6 Å². The van der Waals surface area contributed by atoms with Crippen molar-refractivity contribution in [1.82, 2.24) is 9.21 Å². The van der Waals surface area contributed by atoms with Gasteiger partial charge in [0, 0.05) is 22.9 Å². The molecule has 0 bridgehead atoms. The number of hydrogen-bond acceptors (Lipinski definition) is 4. The first-order valence-electron chi connectivity index (χ1n) is 12.0. The first-order valence-corrected chi connectivity index (χ1v) is 14.4. The second kappa shape index (κ2) is 10.9. The normalized spacial score (nSPS) is 17.0. The third kappa shape index (κ3) is 5.58. The van der Waals surface area contributed by atoms with Crippen molar-refractivity contribution in [3.8, 4) is 0 Å². The maximum Gasteiger partial charge on any atom is 0.238 e. The average molecular weight is 509 g/mol. The van der Waals surface area contributed by atoms with E-state index in [1.165, 1.54) is 14.6 Å². The molecule has 2 atom stereocenters. The van der Waals surface area contributed by atoms with Crippen LogP contribution in [0.1, 0.15) is 53.4 Å². The van der Waals surface area contributed by atoms with Crippen LogP contribution in [0, 0.1) is 6.92 Å². The summed E-state index contributed by atoms with van der Waals surface area (Å²) in [6, 6.07) is 19.0. The predicted molar refractivity (Wildman–Crippen MR) is 144 cm³/mol. The predicted octanol–water partition coefficient (Wildman–Crippen LogP) is 5.63. The van der Waals surface area contributed by atoms with Crippen molar-refractivity contribution >= 4 is 33.3 Å². The lowest BCUT2D eigenvalue weighted by molar-refractivity contribution is -0.133. The van der Waals surface area contributed by atoms with Gasteiger partial charge in [0.1, 0.15) is 0 Å². The summed E-state index contributed by atoms with van der Waals surface area (Å²) in [6.45, 7) is 6.24. The minimum atomic E-state index is -3.80. The van der Waals surface area contributed by atoms with E-state index in [-0.39, 0.29) is 24.5 Å². The quantitative estimate of drug-likeness (QED) is 0.396. The summed E-state index contributed by atoms with van der Waals surface area (Å²) in [4.78, 5) is 16.9. The van der Waals surface area contributed by atoms with Crippen LogP contribution >= 0.6 is 11.3 Å². The van der Waals surface area contributed by atoms with E-state index in [4.69, 9.17) is 0 Å². The number of carbonyl (C=O) groups is 1. The number of hydrogen-bond donors (Lipinski definition) is 0. The Morgan fingerprint density at radius 2 is 1.83 bits per heavy atom. The van der Waals surface area contributed by atoms with Gasteiger partial charge in [-0.25, -0.2) is 8.42 Å². The molecule has 3 aromatic rings. The molecule has 1 aromatic heterocycles. The molecule has 0 aliphatic carbocycles. The Kier molecular flexibility index (Phi) is 7.89. The van der Waals surface area contributed by atoms with Crippen molar-refractivity contribution in [2.45, 2.75) is 45.7 Å². The fourth-order valence-electron chi connectivity index (χ4n) is 4.55. The number of rotatable bonds is 8. The number of amides is 1. The molecule has 5 nitrogen and oxygen atoms in total. The molecule has 0 radical (unpaired) electrons. The Morgan fingerprint density at radius 3 is 2.54 bits per heavy atom. The summed E-state index contributed by atoms with van der Waals surface area (Å²) in [7, 11) is -3.80. The van der Waals surface area contributed by atoms with E-state index >= 15 is 0 Å². The Balaban J connectivity index is 1.64. The van der Waals surface area contributed by atoms with Crippen LogP contribution in [0.3, 0.4) is 0 Å². The van der Waals surface area contributed by atoms with Crippen LogP contribution in [0.15, 0.2) is 71.5 Å². The first kappa shape index (κ1) is 25.4. The molecule has 7 heteroatoms. The maximum absolute atomic E-state index is 13.8. The van der Waals surface area contributed by atoms with Crippen LogP contribution in [0.4, 0.5) is 0 Å². The molecule has 0 saturated heterocycles. The van der Waals surface area contributed by atoms with Gasteiger partial charge in [0.15, 0.2) is 0 Å². The monoisotopic (exact) mass is 508 g/mol. The second-order valence-corrected chi connectivity index (χ2v) is 11.7. The minimum absolute atomic E-state index is 0.174. The van der Waals surface area contributed by atoms with Gasteiger partial charge in [0.25, 0.3) is 0 Å². The molecule has 35 heavy (non-hydrogen) atoms. The van der Waals surface area contributed by atoms with E-state index in [1.54, 1.807) is 17.4 Å². The average Bonchev–Trinajstić information content (AvgIpc) is 3.35. The standard InChI is InChI=1S/C28H32N2O3S2/c1-4-22(3)30(35(32,33)19-16-23-11-6-5-7-12-23)20-27(31)29-17-14-26-25(15-18-34-26)28(29)24-13-9-8-10-21(24)2/h5-13,15-16,18-19,22,28H,4,14,17,20H2,1-3H3. The molecule has 0 saturated carbocycles. The molecular formula is C28H32N2O3S2. The van der Waals surface area contributed by atoms with Gasteiger partial charge in [-0.1, -0.05) is 61.5 Å². The van der Waals surface area contributed by atoms with Gasteiger partial charge < -0.3 is 4.90 Å². The van der Waals surface area contributed by atoms with E-state index in [9.17, 15) is 13.2 Å². The SMILES string of the molecule is CCC(C)N(CC(=O)N1CCc2sccc2C1c1ccccc1C)S(=O)(=O)C=Cc1ccccc1. The zero-order chi connectivity index (χ0) is 25.0. The van der Waals surface area contributed by atoms with Gasteiger partial charge in [-0.3, -0.25) is 4.79 Å². The third-order valence-electron chi connectivity index (χ3n) is 6.70. The molecule has 0 fully saturated rings. The van der Waals surface area contributed by atoms with Crippen LogP contribution in [0.2, 0.25) is 0 Å². The molecule has 184 valence electrons. The van der Waals surface area contributed by atoms with Crippen molar-refractivity contribution in [3.63, 3.8) is 0 Å². The molecule has 0 N–H and O–H groups in total. The summed E-state index contributed by atoms with van der Waals surface area (Å²) in [5.41, 5.74) is 4.15. The Morgan fingerprint density at radius 1 is 1.11 bits per heavy atom. The Labute approximate surface area is 212 Å². The number of carbonyl (C=O) groups excluding carboxylic acids is 1. The summed E-state index contributed by atoms with van der Waals surface area (Å²) in [6.07, 6.45) is 2.98. The van der Waals surface area contributed by atoms with Gasteiger partial charge in [0.05, 0.1) is 12.6 Å². The minimum Gasteiger partial charge on any atom is -0.330 e. The number of sulfonamides is 1. The molecule has 1 amide bonds. The van der Waals surface area contributed by atoms with Crippen molar-refractivity contribution < 1.29 is 13.2 Å². The van der Waals surface area contributed by atoms with Crippen molar-refractivity contribution in [1.29, 1.82) is 0 Å². The van der Waals surface area contributed by atoms with Gasteiger partial charge in [-0.2, -0.15) is 4.31 Å². The number of aryl methyl sites for hydroxylation is 1. The summed E-state index contributed by atoms with van der Waals surface area (Å²) in [5, 5.41) is 3.29. The summed E-state index contributed by atoms with van der Waals surface area (Å²) >= 11 is 1.72. The zero-order valence-corrected chi connectivity index (χ0v) is 22.1. The first-order chi connectivity index (χ1) is 16.8. The van der Waals surface area contributed by atoms with E-state index in [0.29, 0.717) is 13.0 Å². The molecule has 0 spiro atoms. The molecular weight excluding hydrogens is 476 g/mol. The Bertz CT molecular complexity index is 1300. The number of benzene rings is 2. The molecule has 2 unspecified atom stereocenters. The smallest absolute Gasteiger partial charge is 0.238 e. The highest BCUT2D eigenvalue weighted by molar-refractivity contribution is 7.92. The molecule has 2 aromatic carbocycles. The zero-order valence-electron chi connectivity index (χ0n) is 20.4. The highest BCUT2D eigenvalue weighted by Gasteiger charge is 2.36. The lowest BCUT2D eigenvalue weighted by Crippen LogP contribution is -2.48. The molecule has 2 heterocycles. The lowest BCUT2D eigenvalue weighted by Gasteiger charge is -2.38. The highest BCUT2D eigenvalue weighted by Crippen LogP contribution is 2.39. The van der Waals surface area contributed by atoms with Gasteiger partial charge in [-0.05, 0) is 66.5 Å². The topological polar surface area (TPSA) is 57.7 Å². The van der Waals surface area contributed by atoms with Crippen LogP contribution < -0.4 is 0 Å². The van der Waals surface area contributed by atoms with Gasteiger partial charge in [0.2, 0.25) is 15.9 Å². The summed E-state index contributed by atoms with van der Waals surface area (Å²) in [5.74, 6) is -0.174. The van der Waals surface area contributed by atoms with E-state index < -0.39 is 10.0 Å². The largest absolute Gasteiger partial charge is 0.330 e. The maximum atomic E-state index is 13.8. The Hall–Kier alpha value is -2.74. The number of nitrogens with zero attached hydrogens (tertiary/aromatic N) is 2. The third-order valence-corrected chi connectivity index (χ3v) is 9.32. The highest BCUT2D eigenvalue weighted by atomic mass is 32.2. The van der Waals surface area contributed by atoms with E-state index in [2.05, 4.69) is 30.5 Å². The lowest BCUT2D eigenvalue weighted by atomic mass is 9.90. The molecule has 1 aliphatic heterocycles. The van der Waals surface area contributed by atoms with Gasteiger partial charge in [-0.15, -0.1) is 11.3 Å². The van der Waals surface area contributed by atoms with Crippen LogP contribution in [0.25, 0.3) is 6.08 Å². The van der Waals surface area contributed by atoms with Crippen molar-refractivity contribution in [2.75, 3.05) is 13.1 Å². The fourth-order valence-corrected chi connectivity index (χ4v) is 6.88. The number of thiophene rings is 1. The molecule has 4 rings (SSSR count). The number of fused-ring (bicyclic) bond motifs is 1. The van der Waals surface area contributed by atoms with Crippen molar-refractivity contribution in [2.24, 2.45) is 0 Å². The molecule has 1 aliphatic rings. The van der Waals surface area contributed by atoms with Gasteiger partial charge >= 0.3 is 0 Å². The van der Waals surface area contributed by atoms with Crippen LogP contribution in [-0.4, -0.2) is 42.7 Å².